The summed E-state index contributed by atoms with van der Waals surface area (Å²) in [5, 5.41) is 2.41. The highest BCUT2D eigenvalue weighted by atomic mass is 35.5. The highest BCUT2D eigenvalue weighted by Crippen LogP contribution is 2.38. The maximum absolute atomic E-state index is 12.6. The molecule has 4 rings (SSSR count). The van der Waals surface area contributed by atoms with Crippen LogP contribution in [0.1, 0.15) is 36.0 Å². The number of fused-ring (bicyclic) bond motifs is 1. The van der Waals surface area contributed by atoms with Crippen LogP contribution >= 0.6 is 12.4 Å². The number of nitrogen functional groups attached to an aromatic ring is 1. The van der Waals surface area contributed by atoms with E-state index in [0.717, 1.165) is 12.8 Å². The SMILES string of the molecule is Cl.Nc1cc2c(cc1NC(=O)c1ccc(S(=O)(=O)C3CCCC3)cc1)OCO2. The quantitative estimate of drug-likeness (QED) is 0.728. The number of hydrogen-bond acceptors (Lipinski definition) is 6. The van der Waals surface area contributed by atoms with Crippen LogP contribution in [0.2, 0.25) is 0 Å². The average Bonchev–Trinajstić information content (AvgIpc) is 3.34. The van der Waals surface area contributed by atoms with E-state index in [1.54, 1.807) is 12.1 Å². The van der Waals surface area contributed by atoms with Crippen molar-refractivity contribution in [2.24, 2.45) is 0 Å². The molecule has 0 atom stereocenters. The first-order valence-corrected chi connectivity index (χ1v) is 10.3. The first kappa shape index (κ1) is 20.3. The summed E-state index contributed by atoms with van der Waals surface area (Å²) in [5.41, 5.74) is 7.05. The van der Waals surface area contributed by atoms with Crippen LogP contribution in [0, 0.1) is 0 Å². The van der Waals surface area contributed by atoms with Gasteiger partial charge in [-0.15, -0.1) is 12.4 Å². The van der Waals surface area contributed by atoms with Gasteiger partial charge in [0.1, 0.15) is 0 Å². The van der Waals surface area contributed by atoms with Crippen LogP contribution in [0.15, 0.2) is 41.3 Å². The lowest BCUT2D eigenvalue weighted by Crippen LogP contribution is -2.18. The highest BCUT2D eigenvalue weighted by molar-refractivity contribution is 7.92. The fourth-order valence-corrected chi connectivity index (χ4v) is 5.30. The van der Waals surface area contributed by atoms with Gasteiger partial charge in [0, 0.05) is 17.7 Å². The minimum absolute atomic E-state index is 0. The van der Waals surface area contributed by atoms with Gasteiger partial charge in [-0.2, -0.15) is 0 Å². The summed E-state index contributed by atoms with van der Waals surface area (Å²) in [7, 11) is -3.34. The largest absolute Gasteiger partial charge is 0.454 e. The molecule has 0 aromatic heterocycles. The molecule has 1 heterocycles. The third-order valence-electron chi connectivity index (χ3n) is 4.98. The predicted molar refractivity (Wildman–Crippen MR) is 108 cm³/mol. The van der Waals surface area contributed by atoms with Crippen molar-refractivity contribution < 1.29 is 22.7 Å². The molecule has 28 heavy (non-hydrogen) atoms. The van der Waals surface area contributed by atoms with Crippen LogP contribution in [0.4, 0.5) is 11.4 Å². The molecular weight excluding hydrogens is 404 g/mol. The monoisotopic (exact) mass is 424 g/mol. The lowest BCUT2D eigenvalue weighted by Gasteiger charge is -2.12. The molecule has 0 saturated heterocycles. The van der Waals surface area contributed by atoms with E-state index in [1.165, 1.54) is 24.3 Å². The van der Waals surface area contributed by atoms with Crippen LogP contribution in [0.25, 0.3) is 0 Å². The Bertz CT molecular complexity index is 986. The zero-order valence-corrected chi connectivity index (χ0v) is 16.6. The normalized spacial score (nSPS) is 15.9. The standard InChI is InChI=1S/C19H20N2O5S.ClH/c20-15-9-17-18(26-11-25-17)10-16(15)21-19(22)12-5-7-14(8-6-12)27(23,24)13-3-1-2-4-13;/h5-10,13H,1-4,11,20H2,(H,21,22);1H. The van der Waals surface area contributed by atoms with Crippen LogP contribution in [-0.4, -0.2) is 26.4 Å². The van der Waals surface area contributed by atoms with E-state index in [1.807, 2.05) is 0 Å². The van der Waals surface area contributed by atoms with E-state index in [2.05, 4.69) is 5.32 Å². The molecule has 1 fully saturated rings. The first-order valence-electron chi connectivity index (χ1n) is 8.79. The summed E-state index contributed by atoms with van der Waals surface area (Å²) in [6.45, 7) is 0.114. The fourth-order valence-electron chi connectivity index (χ4n) is 3.45. The zero-order chi connectivity index (χ0) is 19.0. The molecule has 2 aliphatic rings. The van der Waals surface area contributed by atoms with Crippen LogP contribution in [-0.2, 0) is 9.84 Å². The van der Waals surface area contributed by atoms with E-state index in [-0.39, 0.29) is 35.3 Å². The Morgan fingerprint density at radius 1 is 1.04 bits per heavy atom. The third-order valence-corrected chi connectivity index (χ3v) is 7.26. The van der Waals surface area contributed by atoms with E-state index in [9.17, 15) is 13.2 Å². The van der Waals surface area contributed by atoms with Gasteiger partial charge in [0.05, 0.1) is 21.5 Å². The molecule has 150 valence electrons. The molecule has 3 N–H and O–H groups in total. The summed E-state index contributed by atoms with van der Waals surface area (Å²) >= 11 is 0. The van der Waals surface area contributed by atoms with Gasteiger partial charge >= 0.3 is 0 Å². The fraction of sp³-hybridized carbons (Fsp3) is 0.316. The van der Waals surface area contributed by atoms with E-state index < -0.39 is 9.84 Å². The molecule has 1 saturated carbocycles. The van der Waals surface area contributed by atoms with Crippen molar-refractivity contribution in [3.8, 4) is 11.5 Å². The van der Waals surface area contributed by atoms with Gasteiger partial charge in [-0.25, -0.2) is 8.42 Å². The summed E-state index contributed by atoms with van der Waals surface area (Å²) in [5.74, 6) is 0.662. The van der Waals surface area contributed by atoms with E-state index in [0.29, 0.717) is 41.3 Å². The van der Waals surface area contributed by atoms with Crippen molar-refractivity contribution in [3.63, 3.8) is 0 Å². The Kier molecular flexibility index (Phi) is 5.71. The minimum atomic E-state index is -3.34. The number of carbonyl (C=O) groups excluding carboxylic acids is 1. The summed E-state index contributed by atoms with van der Waals surface area (Å²) in [6, 6.07) is 9.21. The maximum Gasteiger partial charge on any atom is 0.255 e. The number of ether oxygens (including phenoxy) is 2. The number of nitrogens with two attached hydrogens (primary N) is 1. The summed E-state index contributed by atoms with van der Waals surface area (Å²) in [4.78, 5) is 12.8. The number of nitrogens with one attached hydrogen (secondary N) is 1. The van der Waals surface area contributed by atoms with Crippen molar-refractivity contribution in [2.45, 2.75) is 35.8 Å². The van der Waals surface area contributed by atoms with Gasteiger partial charge in [-0.1, -0.05) is 12.8 Å². The molecule has 2 aromatic rings. The minimum Gasteiger partial charge on any atom is -0.454 e. The van der Waals surface area contributed by atoms with Gasteiger partial charge in [-0.3, -0.25) is 4.79 Å². The first-order chi connectivity index (χ1) is 12.9. The number of amides is 1. The number of rotatable bonds is 4. The second kappa shape index (κ2) is 7.89. The van der Waals surface area contributed by atoms with Gasteiger partial charge in [0.25, 0.3) is 5.91 Å². The number of halogens is 1. The Morgan fingerprint density at radius 3 is 2.29 bits per heavy atom. The van der Waals surface area contributed by atoms with Gasteiger partial charge < -0.3 is 20.5 Å². The van der Waals surface area contributed by atoms with Crippen molar-refractivity contribution in [3.05, 3.63) is 42.0 Å². The second-order valence-corrected chi connectivity index (χ2v) is 8.95. The Morgan fingerprint density at radius 2 is 1.64 bits per heavy atom. The van der Waals surface area contributed by atoms with Gasteiger partial charge in [0.2, 0.25) is 6.79 Å². The molecule has 1 amide bonds. The number of sulfone groups is 1. The molecular formula is C19H21ClN2O5S. The summed E-state index contributed by atoms with van der Waals surface area (Å²) < 4.78 is 35.8. The van der Waals surface area contributed by atoms with Crippen molar-refractivity contribution in [1.82, 2.24) is 0 Å². The Balaban J connectivity index is 0.00000225. The molecule has 0 spiro atoms. The number of benzene rings is 2. The van der Waals surface area contributed by atoms with Crippen LogP contribution in [0.5, 0.6) is 11.5 Å². The molecule has 0 radical (unpaired) electrons. The van der Waals surface area contributed by atoms with Crippen molar-refractivity contribution in [2.75, 3.05) is 17.8 Å². The molecule has 0 unspecified atom stereocenters. The number of hydrogen-bond donors (Lipinski definition) is 2. The lowest BCUT2D eigenvalue weighted by molar-refractivity contribution is 0.102. The average molecular weight is 425 g/mol. The molecule has 1 aliphatic carbocycles. The predicted octanol–water partition coefficient (Wildman–Crippen LogP) is 3.39. The van der Waals surface area contributed by atoms with Crippen LogP contribution < -0.4 is 20.5 Å². The smallest absolute Gasteiger partial charge is 0.255 e. The van der Waals surface area contributed by atoms with Crippen molar-refractivity contribution in [1.29, 1.82) is 0 Å². The molecule has 2 aromatic carbocycles. The maximum atomic E-state index is 12.6. The van der Waals surface area contributed by atoms with E-state index >= 15 is 0 Å². The van der Waals surface area contributed by atoms with Crippen LogP contribution in [0.3, 0.4) is 0 Å². The molecule has 9 heteroatoms. The topological polar surface area (TPSA) is 108 Å². The van der Waals surface area contributed by atoms with Crippen molar-refractivity contribution >= 4 is 39.5 Å². The van der Waals surface area contributed by atoms with Gasteiger partial charge in [0.15, 0.2) is 21.3 Å². The van der Waals surface area contributed by atoms with E-state index in [4.69, 9.17) is 15.2 Å². The number of carbonyl (C=O) groups is 1. The molecule has 1 aliphatic heterocycles. The lowest BCUT2D eigenvalue weighted by atomic mass is 10.2. The Labute approximate surface area is 169 Å². The van der Waals surface area contributed by atoms with Gasteiger partial charge in [-0.05, 0) is 37.1 Å². The highest BCUT2D eigenvalue weighted by Gasteiger charge is 2.30. The Hall–Kier alpha value is -2.45. The molecule has 7 nitrogen and oxygen atoms in total. The summed E-state index contributed by atoms with van der Waals surface area (Å²) in [6.07, 6.45) is 3.30. The zero-order valence-electron chi connectivity index (χ0n) is 15.0. The second-order valence-electron chi connectivity index (χ2n) is 6.72. The number of anilines is 2. The molecule has 0 bridgehead atoms. The third kappa shape index (κ3) is 3.74.